The van der Waals surface area contributed by atoms with Gasteiger partial charge >= 0.3 is 12.1 Å². The average Bonchev–Trinajstić information content (AvgIpc) is 3.12. The third-order valence-electron chi connectivity index (χ3n) is 6.50. The highest BCUT2D eigenvalue weighted by Gasteiger charge is 2.28. The number of Topliss-reactive ketones (excluding diaryl/α,β-unsaturated/α-hetero) is 2. The van der Waals surface area contributed by atoms with E-state index < -0.39 is 12.1 Å². The highest BCUT2D eigenvalue weighted by atomic mass is 16.2. The van der Waals surface area contributed by atoms with Crippen LogP contribution in [-0.2, 0) is 12.8 Å². The quantitative estimate of drug-likeness (QED) is 0.338. The molecule has 0 saturated carbocycles. The summed E-state index contributed by atoms with van der Waals surface area (Å²) in [5, 5.41) is 0. The number of hydrogen-bond acceptors (Lipinski definition) is 4. The van der Waals surface area contributed by atoms with Gasteiger partial charge in [-0.3, -0.25) is 19.4 Å². The number of primary amides is 2. The lowest BCUT2D eigenvalue weighted by molar-refractivity contribution is 0.0986. The van der Waals surface area contributed by atoms with Crippen LogP contribution in [0.2, 0.25) is 0 Å². The average molecular weight is 505 g/mol. The topological polar surface area (TPSA) is 127 Å². The molecule has 0 unspecified atom stereocenters. The second kappa shape index (κ2) is 10.0. The van der Waals surface area contributed by atoms with Gasteiger partial charge in [0.1, 0.15) is 0 Å². The van der Waals surface area contributed by atoms with Crippen molar-refractivity contribution in [2.45, 2.75) is 12.8 Å². The lowest BCUT2D eigenvalue weighted by Crippen LogP contribution is -2.32. The molecule has 0 aromatic heterocycles. The number of para-hydroxylation sites is 4. The molecule has 0 spiro atoms. The molecule has 188 valence electrons. The zero-order valence-electron chi connectivity index (χ0n) is 20.3. The van der Waals surface area contributed by atoms with E-state index in [0.717, 1.165) is 11.1 Å². The van der Waals surface area contributed by atoms with Crippen molar-refractivity contribution in [1.82, 2.24) is 0 Å². The molecule has 0 bridgehead atoms. The van der Waals surface area contributed by atoms with Crippen LogP contribution in [0.3, 0.4) is 0 Å². The number of ketones is 2. The van der Waals surface area contributed by atoms with Crippen LogP contribution in [0.5, 0.6) is 0 Å². The molecule has 6 rings (SSSR count). The molecule has 4 N–H and O–H groups in total. The molecule has 0 aliphatic carbocycles. The van der Waals surface area contributed by atoms with Gasteiger partial charge in [0.2, 0.25) is 0 Å². The third kappa shape index (κ3) is 4.39. The van der Waals surface area contributed by atoms with Gasteiger partial charge in [0.05, 0.1) is 22.7 Å². The number of carbonyl (C=O) groups is 4. The molecule has 4 aromatic carbocycles. The fraction of sp³-hybridized carbons (Fsp3) is 0.0667. The van der Waals surface area contributed by atoms with Crippen LogP contribution < -0.4 is 21.3 Å². The number of rotatable bonds is 0. The minimum Gasteiger partial charge on any atom is -0.351 e. The Bertz CT molecular complexity index is 1480. The molecular formula is C30H24N4O4. The molecular weight excluding hydrogens is 480 g/mol. The molecule has 8 nitrogen and oxygen atoms in total. The van der Waals surface area contributed by atoms with Crippen molar-refractivity contribution in [3.8, 4) is 0 Å². The predicted octanol–water partition coefficient (Wildman–Crippen LogP) is 5.28. The molecule has 4 amide bonds. The molecule has 0 radical (unpaired) electrons. The van der Waals surface area contributed by atoms with Crippen LogP contribution in [0, 0.1) is 0 Å². The maximum absolute atomic E-state index is 12.3. The van der Waals surface area contributed by atoms with E-state index in [1.165, 1.54) is 9.80 Å². The van der Waals surface area contributed by atoms with E-state index in [9.17, 15) is 19.2 Å². The van der Waals surface area contributed by atoms with Crippen molar-refractivity contribution >= 4 is 46.4 Å². The first-order chi connectivity index (χ1) is 18.4. The second-order valence-electron chi connectivity index (χ2n) is 8.84. The fourth-order valence-electron chi connectivity index (χ4n) is 4.84. The highest BCUT2D eigenvalue weighted by Crippen LogP contribution is 2.36. The lowest BCUT2D eigenvalue weighted by Gasteiger charge is -2.22. The van der Waals surface area contributed by atoms with Crippen LogP contribution in [0.25, 0.3) is 0 Å². The third-order valence-corrected chi connectivity index (χ3v) is 6.50. The molecule has 0 saturated heterocycles. The SMILES string of the molecule is NC(=O)N1c2ccccc2CC(=O)c2ccccc21.NC(=O)N1c2ccccc2CC(=O)c2ccccc21. The molecule has 2 heterocycles. The molecule has 0 fully saturated rings. The summed E-state index contributed by atoms with van der Waals surface area (Å²) in [5.74, 6) is -0.0152. The Balaban J connectivity index is 0.000000155. The summed E-state index contributed by atoms with van der Waals surface area (Å²) in [6.07, 6.45) is 0.550. The number of benzene rings is 4. The summed E-state index contributed by atoms with van der Waals surface area (Å²) in [6.45, 7) is 0. The number of nitrogens with two attached hydrogens (primary N) is 2. The minimum atomic E-state index is -0.588. The van der Waals surface area contributed by atoms with E-state index >= 15 is 0 Å². The summed E-state index contributed by atoms with van der Waals surface area (Å²) in [6, 6.07) is 27.5. The molecule has 38 heavy (non-hydrogen) atoms. The fourth-order valence-corrected chi connectivity index (χ4v) is 4.84. The largest absolute Gasteiger partial charge is 0.351 e. The Kier molecular flexibility index (Phi) is 6.45. The number of carbonyl (C=O) groups excluding carboxylic acids is 4. The Labute approximate surface area is 219 Å². The van der Waals surface area contributed by atoms with Gasteiger partial charge in [-0.25, -0.2) is 9.59 Å². The zero-order chi connectivity index (χ0) is 26.8. The number of urea groups is 2. The van der Waals surface area contributed by atoms with Gasteiger partial charge in [0.25, 0.3) is 0 Å². The van der Waals surface area contributed by atoms with E-state index in [1.54, 1.807) is 60.7 Å². The first kappa shape index (κ1) is 24.5. The normalized spacial score (nSPS) is 13.5. The van der Waals surface area contributed by atoms with Crippen molar-refractivity contribution in [3.63, 3.8) is 0 Å². The molecule has 2 aliphatic rings. The van der Waals surface area contributed by atoms with Crippen molar-refractivity contribution in [1.29, 1.82) is 0 Å². The number of nitrogens with zero attached hydrogens (tertiary/aromatic N) is 2. The van der Waals surface area contributed by atoms with Crippen molar-refractivity contribution in [2.24, 2.45) is 11.5 Å². The summed E-state index contributed by atoms with van der Waals surface area (Å²) in [5.41, 5.74) is 16.1. The minimum absolute atomic E-state index is 0.00759. The van der Waals surface area contributed by atoms with Crippen molar-refractivity contribution < 1.29 is 19.2 Å². The maximum atomic E-state index is 12.3. The maximum Gasteiger partial charge on any atom is 0.323 e. The highest BCUT2D eigenvalue weighted by molar-refractivity contribution is 6.12. The van der Waals surface area contributed by atoms with Crippen LogP contribution >= 0.6 is 0 Å². The Hall–Kier alpha value is -5.24. The summed E-state index contributed by atoms with van der Waals surface area (Å²) in [7, 11) is 0. The van der Waals surface area contributed by atoms with Crippen molar-refractivity contribution in [2.75, 3.05) is 9.80 Å². The zero-order valence-corrected chi connectivity index (χ0v) is 20.3. The van der Waals surface area contributed by atoms with E-state index in [-0.39, 0.29) is 24.4 Å². The summed E-state index contributed by atoms with van der Waals surface area (Å²) in [4.78, 5) is 50.9. The van der Waals surface area contributed by atoms with Gasteiger partial charge in [-0.05, 0) is 47.5 Å². The molecule has 2 aliphatic heterocycles. The Morgan fingerprint density at radius 1 is 0.500 bits per heavy atom. The van der Waals surface area contributed by atoms with Gasteiger partial charge in [-0.15, -0.1) is 0 Å². The van der Waals surface area contributed by atoms with Gasteiger partial charge in [-0.2, -0.15) is 0 Å². The standard InChI is InChI=1S/2C15H12N2O2/c2*16-15(19)17-12-7-3-1-5-10(12)9-14(18)11-6-2-4-8-13(11)17/h2*1-8H,9H2,(H2,16,19). The monoisotopic (exact) mass is 504 g/mol. The van der Waals surface area contributed by atoms with E-state index in [4.69, 9.17) is 11.5 Å². The molecule has 4 aromatic rings. The summed E-state index contributed by atoms with van der Waals surface area (Å²) < 4.78 is 0. The molecule has 0 atom stereocenters. The van der Waals surface area contributed by atoms with E-state index in [1.807, 2.05) is 36.4 Å². The van der Waals surface area contributed by atoms with Gasteiger partial charge < -0.3 is 11.5 Å². The number of fused-ring (bicyclic) bond motifs is 4. The van der Waals surface area contributed by atoms with Gasteiger partial charge in [0, 0.05) is 24.0 Å². The second-order valence-corrected chi connectivity index (χ2v) is 8.84. The van der Waals surface area contributed by atoms with Crippen LogP contribution in [0.15, 0.2) is 97.1 Å². The predicted molar refractivity (Wildman–Crippen MR) is 145 cm³/mol. The lowest BCUT2D eigenvalue weighted by atomic mass is 10.0. The Morgan fingerprint density at radius 3 is 1.18 bits per heavy atom. The summed E-state index contributed by atoms with van der Waals surface area (Å²) >= 11 is 0. The van der Waals surface area contributed by atoms with E-state index in [2.05, 4.69) is 0 Å². The number of anilines is 4. The first-order valence-corrected chi connectivity index (χ1v) is 12.0. The number of amides is 4. The van der Waals surface area contributed by atoms with Gasteiger partial charge in [-0.1, -0.05) is 60.7 Å². The molecule has 8 heteroatoms. The van der Waals surface area contributed by atoms with Crippen LogP contribution in [0.1, 0.15) is 31.8 Å². The first-order valence-electron chi connectivity index (χ1n) is 12.0. The smallest absolute Gasteiger partial charge is 0.323 e. The van der Waals surface area contributed by atoms with E-state index in [0.29, 0.717) is 33.9 Å². The number of hydrogen-bond donors (Lipinski definition) is 2. The van der Waals surface area contributed by atoms with Crippen LogP contribution in [0.4, 0.5) is 32.3 Å². The van der Waals surface area contributed by atoms with Crippen LogP contribution in [-0.4, -0.2) is 23.6 Å². The Morgan fingerprint density at radius 2 is 0.816 bits per heavy atom. The van der Waals surface area contributed by atoms with Gasteiger partial charge in [0.15, 0.2) is 11.6 Å². The van der Waals surface area contributed by atoms with Crippen molar-refractivity contribution in [3.05, 3.63) is 119 Å².